The average molecular weight is 335 g/mol. The number of sulfonamides is 1. The summed E-state index contributed by atoms with van der Waals surface area (Å²) in [5.74, 6) is 2.36. The Morgan fingerprint density at radius 3 is 2.83 bits per heavy atom. The van der Waals surface area contributed by atoms with Crippen molar-refractivity contribution in [2.24, 2.45) is 0 Å². The standard InChI is InChI=1S/C17H21NO4S/c1-12-3-5-16(22-12)13(2)18-23(19,20)10-8-14-4-6-17-15(11-14)7-9-21-17/h3-6,11,13,18H,7-10H2,1-2H3. The molecule has 0 spiro atoms. The van der Waals surface area contributed by atoms with Gasteiger partial charge in [0.15, 0.2) is 0 Å². The zero-order valence-corrected chi connectivity index (χ0v) is 14.2. The van der Waals surface area contributed by atoms with Gasteiger partial charge in [0.25, 0.3) is 0 Å². The summed E-state index contributed by atoms with van der Waals surface area (Å²) in [7, 11) is -3.37. The Kier molecular flexibility index (Phi) is 4.46. The van der Waals surface area contributed by atoms with Crippen molar-refractivity contribution in [3.63, 3.8) is 0 Å². The molecule has 0 radical (unpaired) electrons. The maximum absolute atomic E-state index is 12.3. The third kappa shape index (κ3) is 3.95. The van der Waals surface area contributed by atoms with Gasteiger partial charge in [-0.1, -0.05) is 12.1 Å². The van der Waals surface area contributed by atoms with Crippen LogP contribution >= 0.6 is 0 Å². The number of hydrogen-bond donors (Lipinski definition) is 1. The normalized spacial score (nSPS) is 15.2. The molecule has 2 heterocycles. The van der Waals surface area contributed by atoms with Crippen LogP contribution in [0.15, 0.2) is 34.7 Å². The predicted octanol–water partition coefficient (Wildman–Crippen LogP) is 2.75. The van der Waals surface area contributed by atoms with Crippen molar-refractivity contribution in [2.75, 3.05) is 12.4 Å². The van der Waals surface area contributed by atoms with Crippen molar-refractivity contribution in [1.29, 1.82) is 0 Å². The van der Waals surface area contributed by atoms with E-state index in [4.69, 9.17) is 9.15 Å². The molecule has 0 fully saturated rings. The van der Waals surface area contributed by atoms with Crippen LogP contribution in [0.25, 0.3) is 0 Å². The highest BCUT2D eigenvalue weighted by Crippen LogP contribution is 2.26. The van der Waals surface area contributed by atoms with Crippen LogP contribution in [0, 0.1) is 6.92 Å². The first-order valence-electron chi connectivity index (χ1n) is 7.74. The molecule has 1 N–H and O–H groups in total. The second kappa shape index (κ2) is 6.37. The van der Waals surface area contributed by atoms with Crippen LogP contribution < -0.4 is 9.46 Å². The molecule has 1 aromatic carbocycles. The van der Waals surface area contributed by atoms with E-state index in [-0.39, 0.29) is 11.8 Å². The highest BCUT2D eigenvalue weighted by Gasteiger charge is 2.19. The summed E-state index contributed by atoms with van der Waals surface area (Å²) >= 11 is 0. The van der Waals surface area contributed by atoms with Gasteiger partial charge in [0.05, 0.1) is 18.4 Å². The van der Waals surface area contributed by atoms with Gasteiger partial charge in [-0.25, -0.2) is 13.1 Å². The van der Waals surface area contributed by atoms with Crippen molar-refractivity contribution >= 4 is 10.0 Å². The van der Waals surface area contributed by atoms with Crippen LogP contribution in [0.5, 0.6) is 5.75 Å². The fourth-order valence-electron chi connectivity index (χ4n) is 2.72. The quantitative estimate of drug-likeness (QED) is 0.881. The second-order valence-electron chi connectivity index (χ2n) is 5.90. The smallest absolute Gasteiger partial charge is 0.212 e. The summed E-state index contributed by atoms with van der Waals surface area (Å²) < 4.78 is 38.1. The summed E-state index contributed by atoms with van der Waals surface area (Å²) in [5.41, 5.74) is 2.17. The monoisotopic (exact) mass is 335 g/mol. The van der Waals surface area contributed by atoms with E-state index in [2.05, 4.69) is 4.72 Å². The lowest BCUT2D eigenvalue weighted by atomic mass is 10.1. The number of aryl methyl sites for hydroxylation is 2. The van der Waals surface area contributed by atoms with E-state index in [1.807, 2.05) is 31.2 Å². The molecule has 6 heteroatoms. The van der Waals surface area contributed by atoms with Gasteiger partial charge in [-0.15, -0.1) is 0 Å². The highest BCUT2D eigenvalue weighted by atomic mass is 32.2. The molecule has 5 nitrogen and oxygen atoms in total. The number of benzene rings is 1. The first-order chi connectivity index (χ1) is 10.9. The topological polar surface area (TPSA) is 68.5 Å². The molecular weight excluding hydrogens is 314 g/mol. The second-order valence-corrected chi connectivity index (χ2v) is 7.77. The van der Waals surface area contributed by atoms with Crippen LogP contribution in [0.4, 0.5) is 0 Å². The summed E-state index contributed by atoms with van der Waals surface area (Å²) in [6.45, 7) is 4.32. The SMILES string of the molecule is Cc1ccc(C(C)NS(=O)(=O)CCc2ccc3c(c2)CCO3)o1. The first-order valence-corrected chi connectivity index (χ1v) is 9.39. The summed E-state index contributed by atoms with van der Waals surface area (Å²) in [4.78, 5) is 0. The maximum Gasteiger partial charge on any atom is 0.212 e. The van der Waals surface area contributed by atoms with Gasteiger partial charge in [-0.3, -0.25) is 0 Å². The zero-order chi connectivity index (χ0) is 16.4. The molecule has 1 aliphatic rings. The van der Waals surface area contributed by atoms with Crippen LogP contribution in [-0.2, 0) is 22.9 Å². The van der Waals surface area contributed by atoms with E-state index in [9.17, 15) is 8.42 Å². The number of rotatable bonds is 6. The van der Waals surface area contributed by atoms with E-state index in [0.717, 1.165) is 29.1 Å². The van der Waals surface area contributed by atoms with Gasteiger partial charge in [0.2, 0.25) is 10.0 Å². The lowest BCUT2D eigenvalue weighted by Gasteiger charge is -2.12. The summed E-state index contributed by atoms with van der Waals surface area (Å²) in [6.07, 6.45) is 1.37. The van der Waals surface area contributed by atoms with E-state index in [1.165, 1.54) is 0 Å². The van der Waals surface area contributed by atoms with Crippen molar-refractivity contribution in [2.45, 2.75) is 32.7 Å². The Balaban J connectivity index is 1.60. The van der Waals surface area contributed by atoms with Crippen molar-refractivity contribution < 1.29 is 17.6 Å². The molecule has 1 aromatic heterocycles. The van der Waals surface area contributed by atoms with Crippen molar-refractivity contribution in [3.8, 4) is 5.75 Å². The Morgan fingerprint density at radius 2 is 2.09 bits per heavy atom. The van der Waals surface area contributed by atoms with Gasteiger partial charge in [-0.2, -0.15) is 0 Å². The molecule has 1 atom stereocenters. The molecule has 1 aliphatic heterocycles. The minimum absolute atomic E-state index is 0.0523. The third-order valence-corrected chi connectivity index (χ3v) is 5.41. The molecule has 124 valence electrons. The molecule has 0 bridgehead atoms. The fraction of sp³-hybridized carbons (Fsp3) is 0.412. The summed E-state index contributed by atoms with van der Waals surface area (Å²) in [5, 5.41) is 0. The van der Waals surface area contributed by atoms with E-state index < -0.39 is 10.0 Å². The van der Waals surface area contributed by atoms with Gasteiger partial charge in [0.1, 0.15) is 17.3 Å². The molecule has 3 rings (SSSR count). The Labute approximate surface area is 136 Å². The van der Waals surface area contributed by atoms with Gasteiger partial charge in [0, 0.05) is 6.42 Å². The van der Waals surface area contributed by atoms with Gasteiger partial charge in [-0.05, 0) is 49.6 Å². The lowest BCUT2D eigenvalue weighted by molar-refractivity contribution is 0.357. The number of ether oxygens (including phenoxy) is 1. The predicted molar refractivity (Wildman–Crippen MR) is 88.1 cm³/mol. The van der Waals surface area contributed by atoms with Crippen LogP contribution in [0.1, 0.15) is 35.6 Å². The number of furan rings is 1. The van der Waals surface area contributed by atoms with E-state index in [1.54, 1.807) is 13.0 Å². The van der Waals surface area contributed by atoms with Crippen LogP contribution in [-0.4, -0.2) is 20.8 Å². The first kappa shape index (κ1) is 16.1. The summed E-state index contributed by atoms with van der Waals surface area (Å²) in [6, 6.07) is 9.14. The highest BCUT2D eigenvalue weighted by molar-refractivity contribution is 7.89. The zero-order valence-electron chi connectivity index (χ0n) is 13.3. The van der Waals surface area contributed by atoms with E-state index >= 15 is 0 Å². The Morgan fingerprint density at radius 1 is 1.26 bits per heavy atom. The molecule has 0 amide bonds. The molecule has 1 unspecified atom stereocenters. The number of hydrogen-bond acceptors (Lipinski definition) is 4. The third-order valence-electron chi connectivity index (χ3n) is 3.96. The van der Waals surface area contributed by atoms with Crippen molar-refractivity contribution in [1.82, 2.24) is 4.72 Å². The molecule has 23 heavy (non-hydrogen) atoms. The van der Waals surface area contributed by atoms with Crippen LogP contribution in [0.3, 0.4) is 0 Å². The van der Waals surface area contributed by atoms with Gasteiger partial charge < -0.3 is 9.15 Å². The average Bonchev–Trinajstić information content (AvgIpc) is 3.12. The minimum Gasteiger partial charge on any atom is -0.493 e. The molecule has 2 aromatic rings. The minimum atomic E-state index is -3.37. The largest absolute Gasteiger partial charge is 0.493 e. The molecule has 0 saturated carbocycles. The lowest BCUT2D eigenvalue weighted by Crippen LogP contribution is -2.29. The molecule has 0 aliphatic carbocycles. The molecule has 0 saturated heterocycles. The maximum atomic E-state index is 12.3. The van der Waals surface area contributed by atoms with E-state index in [0.29, 0.717) is 18.8 Å². The van der Waals surface area contributed by atoms with Gasteiger partial charge >= 0.3 is 0 Å². The fourth-order valence-corrected chi connectivity index (χ4v) is 4.00. The molecular formula is C17H21NO4S. The number of nitrogens with one attached hydrogen (secondary N) is 1. The Hall–Kier alpha value is -1.79. The van der Waals surface area contributed by atoms with Crippen molar-refractivity contribution in [3.05, 3.63) is 53.0 Å². The van der Waals surface area contributed by atoms with Crippen LogP contribution in [0.2, 0.25) is 0 Å². The number of fused-ring (bicyclic) bond motifs is 1. The Bertz CT molecular complexity index is 795.